The molecule has 0 atom stereocenters. The van der Waals surface area contributed by atoms with Crippen LogP contribution in [0.15, 0.2) is 57.1 Å². The fourth-order valence-corrected chi connectivity index (χ4v) is 3.66. The molecule has 26 heavy (non-hydrogen) atoms. The van der Waals surface area contributed by atoms with E-state index in [-0.39, 0.29) is 12.3 Å². The van der Waals surface area contributed by atoms with Gasteiger partial charge < -0.3 is 9.73 Å². The van der Waals surface area contributed by atoms with E-state index in [0.29, 0.717) is 18.2 Å². The van der Waals surface area contributed by atoms with E-state index in [0.717, 1.165) is 21.8 Å². The van der Waals surface area contributed by atoms with Gasteiger partial charge in [-0.15, -0.1) is 21.5 Å². The summed E-state index contributed by atoms with van der Waals surface area (Å²) in [5.74, 6) is 0.840. The lowest BCUT2D eigenvalue weighted by atomic mass is 10.2. The van der Waals surface area contributed by atoms with E-state index in [1.165, 1.54) is 0 Å². The average molecular weight is 382 g/mol. The van der Waals surface area contributed by atoms with E-state index in [1.807, 2.05) is 46.5 Å². The van der Waals surface area contributed by atoms with Gasteiger partial charge in [0.05, 0.1) is 0 Å². The van der Waals surface area contributed by atoms with E-state index in [2.05, 4.69) is 20.5 Å². The fraction of sp³-hybridized carbons (Fsp3) is 0.111. The van der Waals surface area contributed by atoms with Crippen LogP contribution in [0.25, 0.3) is 22.0 Å². The van der Waals surface area contributed by atoms with Gasteiger partial charge in [-0.25, -0.2) is 4.98 Å². The van der Waals surface area contributed by atoms with Crippen LogP contribution in [0.2, 0.25) is 0 Å². The molecule has 4 aromatic rings. The molecular formula is C18H14N4O2S2. The number of hydrogen-bond donors (Lipinski definition) is 1. The minimum atomic E-state index is -0.100. The highest BCUT2D eigenvalue weighted by Gasteiger charge is 2.11. The van der Waals surface area contributed by atoms with E-state index < -0.39 is 0 Å². The van der Waals surface area contributed by atoms with Gasteiger partial charge in [-0.3, -0.25) is 4.79 Å². The van der Waals surface area contributed by atoms with Crippen molar-refractivity contribution in [2.24, 2.45) is 0 Å². The Bertz CT molecular complexity index is 994. The van der Waals surface area contributed by atoms with Gasteiger partial charge in [-0.05, 0) is 23.6 Å². The zero-order valence-electron chi connectivity index (χ0n) is 13.6. The smallest absolute Gasteiger partial charge is 0.248 e. The van der Waals surface area contributed by atoms with Crippen LogP contribution in [0.3, 0.4) is 0 Å². The summed E-state index contributed by atoms with van der Waals surface area (Å²) in [5.41, 5.74) is 2.62. The molecular weight excluding hydrogens is 368 g/mol. The normalized spacial score (nSPS) is 10.8. The van der Waals surface area contributed by atoms with Gasteiger partial charge in [0.1, 0.15) is 5.01 Å². The molecule has 0 aliphatic rings. The Balaban J connectivity index is 1.35. The van der Waals surface area contributed by atoms with Gasteiger partial charge in [-0.2, -0.15) is 11.3 Å². The number of nitrogens with one attached hydrogen (secondary N) is 1. The summed E-state index contributed by atoms with van der Waals surface area (Å²) >= 11 is 3.13. The first-order valence-corrected chi connectivity index (χ1v) is 9.75. The molecule has 130 valence electrons. The van der Waals surface area contributed by atoms with Crippen LogP contribution in [0, 0.1) is 0 Å². The Morgan fingerprint density at radius 3 is 2.92 bits per heavy atom. The Labute approximate surface area is 157 Å². The van der Waals surface area contributed by atoms with Crippen molar-refractivity contribution in [1.29, 1.82) is 0 Å². The fourth-order valence-electron chi connectivity index (χ4n) is 2.40. The lowest BCUT2D eigenvalue weighted by Gasteiger charge is -2.05. The summed E-state index contributed by atoms with van der Waals surface area (Å²) in [7, 11) is 0. The summed E-state index contributed by atoms with van der Waals surface area (Å²) in [6, 6.07) is 9.56. The van der Waals surface area contributed by atoms with Gasteiger partial charge in [0.25, 0.3) is 0 Å². The van der Waals surface area contributed by atoms with Crippen molar-refractivity contribution in [3.8, 4) is 22.0 Å². The van der Waals surface area contributed by atoms with Crippen molar-refractivity contribution in [3.05, 3.63) is 58.6 Å². The van der Waals surface area contributed by atoms with E-state index >= 15 is 0 Å². The summed E-state index contributed by atoms with van der Waals surface area (Å²) in [5, 5.41) is 17.7. The number of thiazole rings is 1. The topological polar surface area (TPSA) is 80.9 Å². The highest BCUT2D eigenvalue weighted by Crippen LogP contribution is 2.24. The second-order valence-electron chi connectivity index (χ2n) is 5.48. The Morgan fingerprint density at radius 2 is 2.12 bits per heavy atom. The van der Waals surface area contributed by atoms with Crippen molar-refractivity contribution < 1.29 is 9.21 Å². The third-order valence-corrected chi connectivity index (χ3v) is 5.13. The summed E-state index contributed by atoms with van der Waals surface area (Å²) < 4.78 is 5.59. The van der Waals surface area contributed by atoms with Crippen LogP contribution in [0.4, 0.5) is 5.69 Å². The average Bonchev–Trinajstić information content (AvgIpc) is 3.42. The van der Waals surface area contributed by atoms with E-state index in [1.54, 1.807) is 28.9 Å². The number of hydrogen-bond acceptors (Lipinski definition) is 7. The molecule has 0 bridgehead atoms. The maximum absolute atomic E-state index is 12.2. The number of carbonyl (C=O) groups excluding carboxylic acids is 1. The standard InChI is InChI=1S/C18H14N4O2S2/c23-15(4-5-16-21-22-17(24-16)13-6-8-25-11-13)20-14-3-1-2-12(10-14)18-19-7-9-26-18/h1-3,6-11H,4-5H2,(H,20,23). The summed E-state index contributed by atoms with van der Waals surface area (Å²) in [4.78, 5) is 16.5. The number of rotatable bonds is 6. The van der Waals surface area contributed by atoms with E-state index in [4.69, 9.17) is 4.42 Å². The number of anilines is 1. The first-order valence-electron chi connectivity index (χ1n) is 7.93. The number of aryl methyl sites for hydroxylation is 1. The molecule has 3 aromatic heterocycles. The zero-order valence-corrected chi connectivity index (χ0v) is 15.2. The van der Waals surface area contributed by atoms with Crippen LogP contribution in [-0.2, 0) is 11.2 Å². The number of carbonyl (C=O) groups is 1. The number of aromatic nitrogens is 3. The molecule has 0 saturated carbocycles. The molecule has 0 unspecified atom stereocenters. The van der Waals surface area contributed by atoms with Crippen molar-refractivity contribution in [2.45, 2.75) is 12.8 Å². The maximum atomic E-state index is 12.2. The van der Waals surface area contributed by atoms with Gasteiger partial charge in [0, 0.05) is 46.6 Å². The largest absolute Gasteiger partial charge is 0.421 e. The highest BCUT2D eigenvalue weighted by molar-refractivity contribution is 7.13. The molecule has 1 N–H and O–H groups in total. The predicted octanol–water partition coefficient (Wildman–Crippen LogP) is 4.49. The minimum absolute atomic E-state index is 0.100. The molecule has 0 spiro atoms. The van der Waals surface area contributed by atoms with Crippen LogP contribution in [0.5, 0.6) is 0 Å². The third kappa shape index (κ3) is 3.87. The van der Waals surface area contributed by atoms with Crippen molar-refractivity contribution in [3.63, 3.8) is 0 Å². The molecule has 6 nitrogen and oxygen atoms in total. The molecule has 0 aliphatic carbocycles. The van der Waals surface area contributed by atoms with Crippen LogP contribution < -0.4 is 5.32 Å². The molecule has 4 rings (SSSR count). The molecule has 3 heterocycles. The molecule has 0 aliphatic heterocycles. The molecule has 8 heteroatoms. The Kier molecular flexibility index (Phi) is 4.85. The minimum Gasteiger partial charge on any atom is -0.421 e. The molecule has 1 amide bonds. The summed E-state index contributed by atoms with van der Waals surface area (Å²) in [6.45, 7) is 0. The molecule has 0 radical (unpaired) electrons. The van der Waals surface area contributed by atoms with Crippen molar-refractivity contribution in [1.82, 2.24) is 15.2 Å². The van der Waals surface area contributed by atoms with Gasteiger partial charge in [-0.1, -0.05) is 12.1 Å². The highest BCUT2D eigenvalue weighted by atomic mass is 32.1. The zero-order chi connectivity index (χ0) is 17.8. The monoisotopic (exact) mass is 382 g/mol. The first kappa shape index (κ1) is 16.6. The van der Waals surface area contributed by atoms with Crippen LogP contribution in [0.1, 0.15) is 12.3 Å². The van der Waals surface area contributed by atoms with Crippen molar-refractivity contribution in [2.75, 3.05) is 5.32 Å². The second kappa shape index (κ2) is 7.59. The Hall–Kier alpha value is -2.84. The number of nitrogens with zero attached hydrogens (tertiary/aromatic N) is 3. The van der Waals surface area contributed by atoms with Crippen molar-refractivity contribution >= 4 is 34.3 Å². The van der Waals surface area contributed by atoms with E-state index in [9.17, 15) is 4.79 Å². The maximum Gasteiger partial charge on any atom is 0.248 e. The quantitative estimate of drug-likeness (QED) is 0.531. The SMILES string of the molecule is O=C(CCc1nnc(-c2ccsc2)o1)Nc1cccc(-c2nccs2)c1. The third-order valence-electron chi connectivity index (χ3n) is 3.63. The van der Waals surface area contributed by atoms with Crippen LogP contribution >= 0.6 is 22.7 Å². The molecule has 0 fully saturated rings. The second-order valence-corrected chi connectivity index (χ2v) is 7.15. The van der Waals surface area contributed by atoms with Crippen LogP contribution in [-0.4, -0.2) is 21.1 Å². The lowest BCUT2D eigenvalue weighted by molar-refractivity contribution is -0.116. The Morgan fingerprint density at radius 1 is 1.15 bits per heavy atom. The van der Waals surface area contributed by atoms with Gasteiger partial charge >= 0.3 is 0 Å². The van der Waals surface area contributed by atoms with Gasteiger partial charge in [0.15, 0.2) is 0 Å². The number of thiophene rings is 1. The lowest BCUT2D eigenvalue weighted by Crippen LogP contribution is -2.12. The molecule has 1 aromatic carbocycles. The predicted molar refractivity (Wildman–Crippen MR) is 102 cm³/mol. The summed E-state index contributed by atoms with van der Waals surface area (Å²) in [6.07, 6.45) is 2.43. The number of amides is 1. The van der Waals surface area contributed by atoms with Gasteiger partial charge in [0.2, 0.25) is 17.7 Å². The molecule has 0 saturated heterocycles. The number of benzene rings is 1. The first-order chi connectivity index (χ1) is 12.8.